The van der Waals surface area contributed by atoms with Crippen molar-refractivity contribution in [1.82, 2.24) is 14.9 Å². The smallest absolute Gasteiger partial charge is 0.106 e. The third-order valence-corrected chi connectivity index (χ3v) is 5.41. The van der Waals surface area contributed by atoms with E-state index >= 15 is 0 Å². The standard InChI is InChI=1S/C17H29N3/c1-5-18-16-15(10-11-17(16,3)4)20-12(2)19-13-8-6-7-9-14(13)20/h15-16,18H,5-11H2,1-4H3. The number of fused-ring (bicyclic) bond motifs is 1. The minimum Gasteiger partial charge on any atom is -0.327 e. The largest absolute Gasteiger partial charge is 0.327 e. The van der Waals surface area contributed by atoms with Crippen LogP contribution in [-0.4, -0.2) is 22.1 Å². The third-order valence-electron chi connectivity index (χ3n) is 5.41. The van der Waals surface area contributed by atoms with E-state index in [-0.39, 0.29) is 0 Å². The molecule has 1 aromatic heterocycles. The van der Waals surface area contributed by atoms with Crippen molar-refractivity contribution >= 4 is 0 Å². The SMILES string of the molecule is CCNC1C(n2c(C)nc3c2CCCC3)CCC1(C)C. The molecule has 0 radical (unpaired) electrons. The van der Waals surface area contributed by atoms with Gasteiger partial charge in [0, 0.05) is 11.7 Å². The van der Waals surface area contributed by atoms with Crippen molar-refractivity contribution in [3.8, 4) is 0 Å². The van der Waals surface area contributed by atoms with E-state index in [2.05, 4.69) is 37.6 Å². The van der Waals surface area contributed by atoms with Crippen molar-refractivity contribution in [3.05, 3.63) is 17.2 Å². The fourth-order valence-corrected chi connectivity index (χ4v) is 4.41. The average molecular weight is 275 g/mol. The summed E-state index contributed by atoms with van der Waals surface area (Å²) >= 11 is 0. The number of aryl methyl sites for hydroxylation is 2. The van der Waals surface area contributed by atoms with Crippen molar-refractivity contribution < 1.29 is 0 Å². The number of rotatable bonds is 3. The van der Waals surface area contributed by atoms with Crippen LogP contribution in [0.5, 0.6) is 0 Å². The minimum absolute atomic E-state index is 0.388. The summed E-state index contributed by atoms with van der Waals surface area (Å²) in [5, 5.41) is 3.76. The fourth-order valence-electron chi connectivity index (χ4n) is 4.41. The Kier molecular flexibility index (Phi) is 3.65. The van der Waals surface area contributed by atoms with E-state index in [0.717, 1.165) is 6.54 Å². The Labute approximate surface area is 123 Å². The lowest BCUT2D eigenvalue weighted by Crippen LogP contribution is -2.43. The summed E-state index contributed by atoms with van der Waals surface area (Å²) in [6.07, 6.45) is 7.66. The Balaban J connectivity index is 1.98. The second kappa shape index (κ2) is 5.18. The number of hydrogen-bond donors (Lipinski definition) is 1. The predicted molar refractivity (Wildman–Crippen MR) is 83.1 cm³/mol. The molecule has 2 aliphatic rings. The molecule has 1 fully saturated rings. The molecule has 0 aliphatic heterocycles. The number of likely N-dealkylation sites (N-methyl/N-ethyl adjacent to an activating group) is 1. The molecule has 3 heteroatoms. The summed E-state index contributed by atoms with van der Waals surface area (Å²) in [4.78, 5) is 4.87. The first-order valence-electron chi connectivity index (χ1n) is 8.34. The highest BCUT2D eigenvalue weighted by molar-refractivity contribution is 5.22. The Morgan fingerprint density at radius 3 is 2.80 bits per heavy atom. The normalized spacial score (nSPS) is 28.6. The van der Waals surface area contributed by atoms with Crippen molar-refractivity contribution in [2.75, 3.05) is 6.54 Å². The molecule has 1 saturated carbocycles. The van der Waals surface area contributed by atoms with Gasteiger partial charge in [0.05, 0.1) is 11.7 Å². The number of hydrogen-bond acceptors (Lipinski definition) is 2. The maximum atomic E-state index is 4.87. The van der Waals surface area contributed by atoms with Gasteiger partial charge in [-0.25, -0.2) is 4.98 Å². The molecule has 1 heterocycles. The van der Waals surface area contributed by atoms with E-state index in [4.69, 9.17) is 4.98 Å². The van der Waals surface area contributed by atoms with Crippen molar-refractivity contribution in [2.45, 2.75) is 78.3 Å². The zero-order valence-electron chi connectivity index (χ0n) is 13.5. The molecule has 0 saturated heterocycles. The lowest BCUT2D eigenvalue weighted by Gasteiger charge is -2.33. The highest BCUT2D eigenvalue weighted by Crippen LogP contribution is 2.45. The van der Waals surface area contributed by atoms with E-state index in [1.165, 1.54) is 50.0 Å². The second-order valence-electron chi connectivity index (χ2n) is 7.26. The molecule has 0 amide bonds. The van der Waals surface area contributed by atoms with Crippen LogP contribution in [0, 0.1) is 12.3 Å². The van der Waals surface area contributed by atoms with Gasteiger partial charge < -0.3 is 9.88 Å². The zero-order chi connectivity index (χ0) is 14.3. The monoisotopic (exact) mass is 275 g/mol. The molecule has 3 nitrogen and oxygen atoms in total. The highest BCUT2D eigenvalue weighted by atomic mass is 15.2. The van der Waals surface area contributed by atoms with E-state index < -0.39 is 0 Å². The first-order chi connectivity index (χ1) is 9.54. The topological polar surface area (TPSA) is 29.9 Å². The summed E-state index contributed by atoms with van der Waals surface area (Å²) in [6.45, 7) is 10.3. The summed E-state index contributed by atoms with van der Waals surface area (Å²) in [6, 6.07) is 1.17. The summed E-state index contributed by atoms with van der Waals surface area (Å²) in [7, 11) is 0. The van der Waals surface area contributed by atoms with Gasteiger partial charge in [0.25, 0.3) is 0 Å². The van der Waals surface area contributed by atoms with Gasteiger partial charge in [-0.05, 0) is 57.4 Å². The molecule has 0 aromatic carbocycles. The summed E-state index contributed by atoms with van der Waals surface area (Å²) in [5.74, 6) is 1.24. The van der Waals surface area contributed by atoms with Gasteiger partial charge >= 0.3 is 0 Å². The predicted octanol–water partition coefficient (Wildman–Crippen LogP) is 3.41. The molecular formula is C17H29N3. The molecule has 3 rings (SSSR count). The number of aromatic nitrogens is 2. The van der Waals surface area contributed by atoms with E-state index in [0.29, 0.717) is 17.5 Å². The van der Waals surface area contributed by atoms with Gasteiger partial charge in [0.15, 0.2) is 0 Å². The number of nitrogens with zero attached hydrogens (tertiary/aromatic N) is 2. The van der Waals surface area contributed by atoms with Gasteiger partial charge in [0.2, 0.25) is 0 Å². The lowest BCUT2D eigenvalue weighted by atomic mass is 9.86. The molecule has 20 heavy (non-hydrogen) atoms. The van der Waals surface area contributed by atoms with E-state index in [1.807, 2.05) is 0 Å². The summed E-state index contributed by atoms with van der Waals surface area (Å²) < 4.78 is 2.59. The van der Waals surface area contributed by atoms with E-state index in [1.54, 1.807) is 5.69 Å². The van der Waals surface area contributed by atoms with Crippen LogP contribution in [-0.2, 0) is 12.8 Å². The average Bonchev–Trinajstić information content (AvgIpc) is 2.88. The minimum atomic E-state index is 0.388. The Morgan fingerprint density at radius 1 is 1.30 bits per heavy atom. The molecule has 112 valence electrons. The number of nitrogens with one attached hydrogen (secondary N) is 1. The van der Waals surface area contributed by atoms with Crippen LogP contribution in [0.3, 0.4) is 0 Å². The first kappa shape index (κ1) is 14.1. The maximum absolute atomic E-state index is 4.87. The van der Waals surface area contributed by atoms with Gasteiger partial charge in [-0.1, -0.05) is 20.8 Å². The molecule has 0 bridgehead atoms. The zero-order valence-corrected chi connectivity index (χ0v) is 13.5. The maximum Gasteiger partial charge on any atom is 0.106 e. The highest BCUT2D eigenvalue weighted by Gasteiger charge is 2.43. The van der Waals surface area contributed by atoms with Crippen LogP contribution < -0.4 is 5.32 Å². The van der Waals surface area contributed by atoms with Gasteiger partial charge in [-0.15, -0.1) is 0 Å². The van der Waals surface area contributed by atoms with Gasteiger partial charge in [0.1, 0.15) is 5.82 Å². The summed E-state index contributed by atoms with van der Waals surface area (Å²) in [5.41, 5.74) is 3.31. The van der Waals surface area contributed by atoms with Crippen LogP contribution in [0.15, 0.2) is 0 Å². The molecule has 1 aromatic rings. The van der Waals surface area contributed by atoms with Crippen LogP contribution in [0.25, 0.3) is 0 Å². The quantitative estimate of drug-likeness (QED) is 0.916. The van der Waals surface area contributed by atoms with Gasteiger partial charge in [-0.2, -0.15) is 0 Å². The molecule has 1 N–H and O–H groups in total. The van der Waals surface area contributed by atoms with Crippen LogP contribution in [0.2, 0.25) is 0 Å². The van der Waals surface area contributed by atoms with Crippen molar-refractivity contribution in [2.24, 2.45) is 5.41 Å². The molecule has 2 aliphatic carbocycles. The molecule has 2 atom stereocenters. The molecule has 0 spiro atoms. The Hall–Kier alpha value is -0.830. The Bertz CT molecular complexity index is 487. The first-order valence-corrected chi connectivity index (χ1v) is 8.34. The lowest BCUT2D eigenvalue weighted by molar-refractivity contribution is 0.248. The number of imidazole rings is 1. The molecule has 2 unspecified atom stereocenters. The Morgan fingerprint density at radius 2 is 2.05 bits per heavy atom. The second-order valence-corrected chi connectivity index (χ2v) is 7.26. The van der Waals surface area contributed by atoms with Gasteiger partial charge in [-0.3, -0.25) is 0 Å². The van der Waals surface area contributed by atoms with Crippen LogP contribution in [0.4, 0.5) is 0 Å². The van der Waals surface area contributed by atoms with E-state index in [9.17, 15) is 0 Å². The fraction of sp³-hybridized carbons (Fsp3) is 0.824. The van der Waals surface area contributed by atoms with Crippen LogP contribution in [0.1, 0.15) is 69.7 Å². The van der Waals surface area contributed by atoms with Crippen molar-refractivity contribution in [3.63, 3.8) is 0 Å². The molecular weight excluding hydrogens is 246 g/mol. The van der Waals surface area contributed by atoms with Crippen LogP contribution >= 0.6 is 0 Å². The van der Waals surface area contributed by atoms with Crippen molar-refractivity contribution in [1.29, 1.82) is 0 Å². The third kappa shape index (κ3) is 2.20.